The highest BCUT2D eigenvalue weighted by Crippen LogP contribution is 2.24. The number of benzene rings is 2. The number of aliphatic hydroxyl groups is 1. The second-order valence-electron chi connectivity index (χ2n) is 5.17. The van der Waals surface area contributed by atoms with Crippen LogP contribution in [0, 0.1) is 0 Å². The highest BCUT2D eigenvalue weighted by molar-refractivity contribution is 6.46. The molecule has 110 valence electrons. The Balaban J connectivity index is 1.87. The third kappa shape index (κ3) is 2.63. The van der Waals surface area contributed by atoms with Crippen LogP contribution in [-0.4, -0.2) is 28.2 Å². The van der Waals surface area contributed by atoms with E-state index in [4.69, 9.17) is 0 Å². The van der Waals surface area contributed by atoms with Gasteiger partial charge in [0.25, 0.3) is 11.7 Å². The summed E-state index contributed by atoms with van der Waals surface area (Å²) in [5.41, 5.74) is 1.65. The smallest absolute Gasteiger partial charge is 0.295 e. The van der Waals surface area contributed by atoms with E-state index in [-0.39, 0.29) is 17.9 Å². The van der Waals surface area contributed by atoms with Gasteiger partial charge in [0.15, 0.2) is 0 Å². The van der Waals surface area contributed by atoms with E-state index >= 15 is 0 Å². The fourth-order valence-corrected chi connectivity index (χ4v) is 2.49. The Labute approximate surface area is 128 Å². The molecule has 1 heterocycles. The van der Waals surface area contributed by atoms with Crippen molar-refractivity contribution >= 4 is 17.4 Å². The minimum absolute atomic E-state index is 0.116. The van der Waals surface area contributed by atoms with Crippen LogP contribution < -0.4 is 0 Å². The molecule has 1 aliphatic rings. The number of aliphatic hydroxyl groups excluding tert-OH is 1. The topological polar surface area (TPSA) is 57.6 Å². The lowest BCUT2D eigenvalue weighted by atomic mass is 10.1. The van der Waals surface area contributed by atoms with Gasteiger partial charge in [-0.2, -0.15) is 0 Å². The highest BCUT2D eigenvalue weighted by atomic mass is 16.3. The Morgan fingerprint density at radius 1 is 0.955 bits per heavy atom. The molecule has 3 rings (SSSR count). The van der Waals surface area contributed by atoms with Crippen molar-refractivity contribution in [2.45, 2.75) is 6.54 Å². The maximum absolute atomic E-state index is 12.1. The molecular weight excluding hydrogens is 278 g/mol. The van der Waals surface area contributed by atoms with E-state index in [1.54, 1.807) is 24.3 Å². The summed E-state index contributed by atoms with van der Waals surface area (Å²) in [6.07, 6.45) is 0. The van der Waals surface area contributed by atoms with Gasteiger partial charge in [0.1, 0.15) is 5.76 Å². The molecule has 4 nitrogen and oxygen atoms in total. The number of ketones is 1. The Bertz CT molecular complexity index is 735. The molecule has 1 fully saturated rings. The fraction of sp³-hybridized carbons (Fsp3) is 0.111. The molecule has 1 saturated heterocycles. The molecule has 22 heavy (non-hydrogen) atoms. The molecule has 2 aromatic rings. The molecule has 0 radical (unpaired) electrons. The van der Waals surface area contributed by atoms with Crippen molar-refractivity contribution in [2.24, 2.45) is 0 Å². The minimum atomic E-state index is -0.628. The van der Waals surface area contributed by atoms with Gasteiger partial charge in [0, 0.05) is 12.1 Å². The summed E-state index contributed by atoms with van der Waals surface area (Å²) < 4.78 is 0. The average Bonchev–Trinajstić information content (AvgIpc) is 2.84. The molecular formula is C18H15NO3. The highest BCUT2D eigenvalue weighted by Gasteiger charge is 2.36. The van der Waals surface area contributed by atoms with Crippen LogP contribution in [0.4, 0.5) is 0 Å². The first-order valence-corrected chi connectivity index (χ1v) is 7.02. The van der Waals surface area contributed by atoms with E-state index in [0.717, 1.165) is 5.56 Å². The van der Waals surface area contributed by atoms with E-state index in [1.807, 2.05) is 36.4 Å². The van der Waals surface area contributed by atoms with Crippen LogP contribution in [0.3, 0.4) is 0 Å². The van der Waals surface area contributed by atoms with Crippen molar-refractivity contribution in [3.05, 3.63) is 77.4 Å². The largest absolute Gasteiger partial charge is 0.507 e. The number of carbonyl (C=O) groups excluding carboxylic acids is 2. The molecule has 0 atom stereocenters. The molecule has 1 N–H and O–H groups in total. The first-order valence-electron chi connectivity index (χ1n) is 7.02. The van der Waals surface area contributed by atoms with E-state index in [1.165, 1.54) is 4.90 Å². The summed E-state index contributed by atoms with van der Waals surface area (Å²) in [5, 5.41) is 10.3. The number of nitrogens with zero attached hydrogens (tertiary/aromatic N) is 1. The first kappa shape index (κ1) is 14.1. The Kier molecular flexibility index (Phi) is 3.74. The van der Waals surface area contributed by atoms with E-state index < -0.39 is 11.7 Å². The minimum Gasteiger partial charge on any atom is -0.507 e. The van der Waals surface area contributed by atoms with Crippen molar-refractivity contribution < 1.29 is 14.7 Å². The van der Waals surface area contributed by atoms with E-state index in [9.17, 15) is 14.7 Å². The summed E-state index contributed by atoms with van der Waals surface area (Å²) in [6, 6.07) is 18.3. The molecule has 0 unspecified atom stereocenters. The van der Waals surface area contributed by atoms with Crippen molar-refractivity contribution in [1.82, 2.24) is 4.90 Å². The van der Waals surface area contributed by atoms with Gasteiger partial charge in [-0.1, -0.05) is 60.7 Å². The Morgan fingerprint density at radius 2 is 1.55 bits per heavy atom. The van der Waals surface area contributed by atoms with Gasteiger partial charge < -0.3 is 10.0 Å². The lowest BCUT2D eigenvalue weighted by Crippen LogP contribution is -2.26. The van der Waals surface area contributed by atoms with Crippen molar-refractivity contribution in [3.63, 3.8) is 0 Å². The quantitative estimate of drug-likeness (QED) is 0.537. The molecule has 1 amide bonds. The van der Waals surface area contributed by atoms with Gasteiger partial charge in [-0.15, -0.1) is 0 Å². The SMILES string of the molecule is O=C1C(=O)N(Cc2ccccc2)CC1=C(O)c1ccccc1. The predicted molar refractivity (Wildman–Crippen MR) is 82.9 cm³/mol. The molecule has 4 heteroatoms. The molecule has 1 aliphatic heterocycles. The molecule has 0 aliphatic carbocycles. The second-order valence-corrected chi connectivity index (χ2v) is 5.17. The van der Waals surface area contributed by atoms with Crippen LogP contribution in [-0.2, 0) is 16.1 Å². The normalized spacial score (nSPS) is 17.0. The molecule has 0 aromatic heterocycles. The number of hydrogen-bond donors (Lipinski definition) is 1. The maximum Gasteiger partial charge on any atom is 0.295 e. The van der Waals surface area contributed by atoms with Crippen molar-refractivity contribution in [2.75, 3.05) is 6.54 Å². The third-order valence-electron chi connectivity index (χ3n) is 3.65. The summed E-state index contributed by atoms with van der Waals surface area (Å²) >= 11 is 0. The average molecular weight is 293 g/mol. The fourth-order valence-electron chi connectivity index (χ4n) is 2.49. The molecule has 0 bridgehead atoms. The van der Waals surface area contributed by atoms with Crippen LogP contribution in [0.1, 0.15) is 11.1 Å². The van der Waals surface area contributed by atoms with Gasteiger partial charge in [0.05, 0.1) is 12.1 Å². The summed E-state index contributed by atoms with van der Waals surface area (Å²) in [6.45, 7) is 0.490. The van der Waals surface area contributed by atoms with Crippen LogP contribution in [0.2, 0.25) is 0 Å². The molecule has 0 saturated carbocycles. The Hall–Kier alpha value is -2.88. The number of likely N-dealkylation sites (tertiary alicyclic amines) is 1. The molecule has 0 spiro atoms. The van der Waals surface area contributed by atoms with Gasteiger partial charge in [-0.05, 0) is 5.56 Å². The summed E-state index contributed by atoms with van der Waals surface area (Å²) in [4.78, 5) is 25.6. The third-order valence-corrected chi connectivity index (χ3v) is 3.65. The zero-order valence-corrected chi connectivity index (χ0v) is 11.9. The van der Waals surface area contributed by atoms with Gasteiger partial charge in [-0.3, -0.25) is 9.59 Å². The number of rotatable bonds is 3. The van der Waals surface area contributed by atoms with Crippen LogP contribution in [0.5, 0.6) is 0 Å². The van der Waals surface area contributed by atoms with Crippen LogP contribution in [0.25, 0.3) is 5.76 Å². The number of Topliss-reactive ketones (excluding diaryl/α,β-unsaturated/α-hetero) is 1. The maximum atomic E-state index is 12.1. The number of carbonyl (C=O) groups is 2. The monoisotopic (exact) mass is 293 g/mol. The predicted octanol–water partition coefficient (Wildman–Crippen LogP) is 2.57. The first-order chi connectivity index (χ1) is 10.7. The summed E-state index contributed by atoms with van der Waals surface area (Å²) in [5.74, 6) is -1.31. The van der Waals surface area contributed by atoms with Crippen molar-refractivity contribution in [3.8, 4) is 0 Å². The van der Waals surface area contributed by atoms with Gasteiger partial charge >= 0.3 is 0 Å². The number of hydrogen-bond acceptors (Lipinski definition) is 3. The van der Waals surface area contributed by atoms with E-state index in [0.29, 0.717) is 12.1 Å². The van der Waals surface area contributed by atoms with Crippen molar-refractivity contribution in [1.29, 1.82) is 0 Å². The van der Waals surface area contributed by atoms with Gasteiger partial charge in [0.2, 0.25) is 0 Å². The lowest BCUT2D eigenvalue weighted by molar-refractivity contribution is -0.139. The zero-order valence-electron chi connectivity index (χ0n) is 11.9. The second kappa shape index (κ2) is 5.85. The molecule has 2 aromatic carbocycles. The zero-order chi connectivity index (χ0) is 15.5. The number of amides is 1. The van der Waals surface area contributed by atoms with Gasteiger partial charge in [-0.25, -0.2) is 0 Å². The summed E-state index contributed by atoms with van der Waals surface area (Å²) in [7, 11) is 0. The standard InChI is InChI=1S/C18H15NO3/c20-16(14-9-5-2-6-10-14)15-12-19(18(22)17(15)21)11-13-7-3-1-4-8-13/h1-10,20H,11-12H2. The van der Waals surface area contributed by atoms with E-state index in [2.05, 4.69) is 0 Å². The van der Waals surface area contributed by atoms with Crippen LogP contribution in [0.15, 0.2) is 66.2 Å². The van der Waals surface area contributed by atoms with Crippen LogP contribution >= 0.6 is 0 Å². The Morgan fingerprint density at radius 3 is 2.18 bits per heavy atom. The lowest BCUT2D eigenvalue weighted by Gasteiger charge is -2.14.